The van der Waals surface area contributed by atoms with Gasteiger partial charge < -0.3 is 10.2 Å². The van der Waals surface area contributed by atoms with Crippen LogP contribution in [0.15, 0.2) is 12.4 Å². The molecule has 1 aliphatic heterocycles. The van der Waals surface area contributed by atoms with Crippen LogP contribution in [0.2, 0.25) is 0 Å². The lowest BCUT2D eigenvalue weighted by Gasteiger charge is -2.27. The lowest BCUT2D eigenvalue weighted by Crippen LogP contribution is -2.31. The molecule has 1 amide bonds. The Labute approximate surface area is 133 Å². The van der Waals surface area contributed by atoms with Gasteiger partial charge in [-0.05, 0) is 0 Å². The van der Waals surface area contributed by atoms with E-state index in [1.807, 2.05) is 0 Å². The molecule has 1 N–H and O–H groups in total. The summed E-state index contributed by atoms with van der Waals surface area (Å²) in [6, 6.07) is 0. The summed E-state index contributed by atoms with van der Waals surface area (Å²) in [5.41, 5.74) is -0.154. The first-order valence-corrected chi connectivity index (χ1v) is 7.55. The molecule has 0 spiro atoms. The highest BCUT2D eigenvalue weighted by molar-refractivity contribution is 7.15. The summed E-state index contributed by atoms with van der Waals surface area (Å²) in [6.07, 6.45) is -1.92. The molecule has 0 atom stereocenters. The van der Waals surface area contributed by atoms with Gasteiger partial charge in [-0.15, -0.1) is 0 Å². The van der Waals surface area contributed by atoms with Crippen LogP contribution in [0.5, 0.6) is 0 Å². The van der Waals surface area contributed by atoms with Crippen LogP contribution in [0.3, 0.4) is 0 Å². The molecular weight excluding hydrogens is 331 g/mol. The van der Waals surface area contributed by atoms with E-state index in [4.69, 9.17) is 0 Å². The van der Waals surface area contributed by atoms with E-state index in [9.17, 15) is 18.0 Å². The molecular formula is C13H12F3N5OS. The summed E-state index contributed by atoms with van der Waals surface area (Å²) in [6.45, 7) is 2.28. The Bertz CT molecular complexity index is 745. The Morgan fingerprint density at radius 3 is 2.83 bits per heavy atom. The zero-order valence-corrected chi connectivity index (χ0v) is 12.8. The molecule has 2 aromatic heterocycles. The SMILES string of the molecule is CC(=O)Nc1nc2c(s1)CN(c1cncc(C(F)(F)F)n1)CC2. The quantitative estimate of drug-likeness (QED) is 0.907. The molecule has 0 bridgehead atoms. The maximum absolute atomic E-state index is 12.7. The monoisotopic (exact) mass is 343 g/mol. The molecule has 3 heterocycles. The van der Waals surface area contributed by atoms with E-state index < -0.39 is 11.9 Å². The molecule has 0 aliphatic carbocycles. The summed E-state index contributed by atoms with van der Waals surface area (Å²) in [7, 11) is 0. The zero-order valence-electron chi connectivity index (χ0n) is 12.0. The second-order valence-electron chi connectivity index (χ2n) is 5.00. The highest BCUT2D eigenvalue weighted by atomic mass is 32.1. The number of nitrogens with zero attached hydrogens (tertiary/aromatic N) is 4. The first-order chi connectivity index (χ1) is 10.8. The van der Waals surface area contributed by atoms with E-state index in [0.717, 1.165) is 10.6 Å². The van der Waals surface area contributed by atoms with Gasteiger partial charge in [0.1, 0.15) is 5.82 Å². The fourth-order valence-corrected chi connectivity index (χ4v) is 3.31. The van der Waals surface area contributed by atoms with Crippen molar-refractivity contribution in [1.29, 1.82) is 0 Å². The van der Waals surface area contributed by atoms with Crippen LogP contribution in [0.4, 0.5) is 24.1 Å². The number of aromatic nitrogens is 3. The van der Waals surface area contributed by atoms with Gasteiger partial charge in [-0.3, -0.25) is 9.78 Å². The van der Waals surface area contributed by atoms with Gasteiger partial charge in [0, 0.05) is 24.8 Å². The van der Waals surface area contributed by atoms with Crippen LogP contribution in [-0.2, 0) is 23.9 Å². The Morgan fingerprint density at radius 2 is 2.13 bits per heavy atom. The molecule has 0 radical (unpaired) electrons. The van der Waals surface area contributed by atoms with Gasteiger partial charge in [0.2, 0.25) is 5.91 Å². The standard InChI is InChI=1S/C13H12F3N5OS/c1-7(22)18-12-19-8-2-3-21(6-9(8)23-12)11-5-17-4-10(20-11)13(14,15)16/h4-5H,2-3,6H2,1H3,(H,18,19,22). The maximum atomic E-state index is 12.7. The molecule has 1 aliphatic rings. The Kier molecular flexibility index (Phi) is 3.92. The van der Waals surface area contributed by atoms with Crippen molar-refractivity contribution < 1.29 is 18.0 Å². The molecule has 2 aromatic rings. The smallest absolute Gasteiger partial charge is 0.350 e. The van der Waals surface area contributed by atoms with Crippen molar-refractivity contribution >= 4 is 28.2 Å². The number of alkyl halides is 3. The number of fused-ring (bicyclic) bond motifs is 1. The van der Waals surface area contributed by atoms with Gasteiger partial charge in [0.05, 0.1) is 24.6 Å². The molecule has 0 saturated heterocycles. The van der Waals surface area contributed by atoms with Gasteiger partial charge in [-0.2, -0.15) is 13.2 Å². The van der Waals surface area contributed by atoms with Crippen LogP contribution in [-0.4, -0.2) is 27.4 Å². The fraction of sp³-hybridized carbons (Fsp3) is 0.385. The highest BCUT2D eigenvalue weighted by Gasteiger charge is 2.34. The number of anilines is 2. The summed E-state index contributed by atoms with van der Waals surface area (Å²) >= 11 is 1.32. The Morgan fingerprint density at radius 1 is 1.35 bits per heavy atom. The van der Waals surface area contributed by atoms with Crippen LogP contribution in [0.1, 0.15) is 23.2 Å². The Hall–Kier alpha value is -2.23. The third-order valence-electron chi connectivity index (χ3n) is 3.25. The van der Waals surface area contributed by atoms with Crippen molar-refractivity contribution in [3.05, 3.63) is 28.7 Å². The third kappa shape index (κ3) is 3.41. The van der Waals surface area contributed by atoms with Crippen molar-refractivity contribution in [3.63, 3.8) is 0 Å². The largest absolute Gasteiger partial charge is 0.434 e. The van der Waals surface area contributed by atoms with Crippen LogP contribution in [0.25, 0.3) is 0 Å². The molecule has 0 aromatic carbocycles. The van der Waals surface area contributed by atoms with E-state index in [2.05, 4.69) is 20.3 Å². The minimum atomic E-state index is -4.52. The van der Waals surface area contributed by atoms with E-state index in [-0.39, 0.29) is 11.7 Å². The van der Waals surface area contributed by atoms with E-state index in [0.29, 0.717) is 30.8 Å². The summed E-state index contributed by atoms with van der Waals surface area (Å²) in [5, 5.41) is 3.12. The van der Waals surface area contributed by atoms with Gasteiger partial charge >= 0.3 is 6.18 Å². The predicted octanol–water partition coefficient (Wildman–Crippen LogP) is 2.47. The van der Waals surface area contributed by atoms with Crippen molar-refractivity contribution in [2.24, 2.45) is 0 Å². The second kappa shape index (κ2) is 5.76. The van der Waals surface area contributed by atoms with E-state index >= 15 is 0 Å². The maximum Gasteiger partial charge on any atom is 0.434 e. The molecule has 6 nitrogen and oxygen atoms in total. The third-order valence-corrected chi connectivity index (χ3v) is 4.25. The first-order valence-electron chi connectivity index (χ1n) is 6.73. The minimum absolute atomic E-state index is 0.181. The van der Waals surface area contributed by atoms with Crippen molar-refractivity contribution in [3.8, 4) is 0 Å². The number of halogens is 3. The van der Waals surface area contributed by atoms with Gasteiger partial charge in [0.15, 0.2) is 10.8 Å². The number of nitrogens with one attached hydrogen (secondary N) is 1. The molecule has 122 valence electrons. The van der Waals surface area contributed by atoms with Crippen LogP contribution in [0, 0.1) is 0 Å². The summed E-state index contributed by atoms with van der Waals surface area (Å²) in [4.78, 5) is 25.3. The number of amides is 1. The lowest BCUT2D eigenvalue weighted by molar-refractivity contribution is -0.141. The average molecular weight is 343 g/mol. The molecule has 23 heavy (non-hydrogen) atoms. The van der Waals surface area contributed by atoms with Gasteiger partial charge in [-0.1, -0.05) is 11.3 Å². The molecule has 0 unspecified atom stereocenters. The number of hydrogen-bond acceptors (Lipinski definition) is 6. The normalized spacial score (nSPS) is 14.5. The number of thiazole rings is 1. The van der Waals surface area contributed by atoms with Crippen molar-refractivity contribution in [2.45, 2.75) is 26.1 Å². The van der Waals surface area contributed by atoms with Crippen molar-refractivity contribution in [1.82, 2.24) is 15.0 Å². The van der Waals surface area contributed by atoms with Crippen LogP contribution < -0.4 is 10.2 Å². The van der Waals surface area contributed by atoms with E-state index in [1.54, 1.807) is 4.90 Å². The van der Waals surface area contributed by atoms with Crippen molar-refractivity contribution in [2.75, 3.05) is 16.8 Å². The van der Waals surface area contributed by atoms with Gasteiger partial charge in [-0.25, -0.2) is 9.97 Å². The molecule has 3 rings (SSSR count). The number of rotatable bonds is 2. The van der Waals surface area contributed by atoms with Crippen LogP contribution >= 0.6 is 11.3 Å². The predicted molar refractivity (Wildman–Crippen MR) is 78.2 cm³/mol. The highest BCUT2D eigenvalue weighted by Crippen LogP contribution is 2.32. The summed E-state index contributed by atoms with van der Waals surface area (Å²) in [5.74, 6) is -0.0309. The minimum Gasteiger partial charge on any atom is -0.350 e. The topological polar surface area (TPSA) is 71.0 Å². The zero-order chi connectivity index (χ0) is 16.6. The molecule has 0 saturated carbocycles. The second-order valence-corrected chi connectivity index (χ2v) is 6.09. The molecule has 10 heteroatoms. The number of carbonyl (C=O) groups is 1. The number of carbonyl (C=O) groups excluding carboxylic acids is 1. The lowest BCUT2D eigenvalue weighted by atomic mass is 10.2. The average Bonchev–Trinajstić information content (AvgIpc) is 2.86. The summed E-state index contributed by atoms with van der Waals surface area (Å²) < 4.78 is 38.2. The molecule has 0 fully saturated rings. The fourth-order valence-electron chi connectivity index (χ4n) is 2.24. The van der Waals surface area contributed by atoms with Gasteiger partial charge in [0.25, 0.3) is 0 Å². The van der Waals surface area contributed by atoms with E-state index in [1.165, 1.54) is 24.5 Å². The number of hydrogen-bond donors (Lipinski definition) is 1. The first kappa shape index (κ1) is 15.7. The Balaban J connectivity index is 1.82.